The van der Waals surface area contributed by atoms with Crippen molar-refractivity contribution in [3.63, 3.8) is 0 Å². The molecule has 0 bridgehead atoms. The van der Waals surface area contributed by atoms with Gasteiger partial charge in [0.05, 0.1) is 17.0 Å². The maximum absolute atomic E-state index is 12.5. The molecular formula is C15H13F3N4O3. The molecule has 1 unspecified atom stereocenters. The molecule has 1 saturated heterocycles. The summed E-state index contributed by atoms with van der Waals surface area (Å²) in [6.45, 7) is 1.09. The second-order valence-corrected chi connectivity index (χ2v) is 5.49. The van der Waals surface area contributed by atoms with Crippen molar-refractivity contribution < 1.29 is 22.8 Å². The van der Waals surface area contributed by atoms with Gasteiger partial charge in [0.25, 0.3) is 5.69 Å². The maximum Gasteiger partial charge on any atom is 0.417 e. The fourth-order valence-electron chi connectivity index (χ4n) is 2.49. The molecule has 0 amide bonds. The largest absolute Gasteiger partial charge is 0.472 e. The lowest BCUT2D eigenvalue weighted by Gasteiger charge is -2.17. The summed E-state index contributed by atoms with van der Waals surface area (Å²) in [7, 11) is 0. The Morgan fingerprint density at radius 2 is 2.00 bits per heavy atom. The molecule has 2 aromatic rings. The number of nitro groups is 1. The van der Waals surface area contributed by atoms with Gasteiger partial charge in [-0.1, -0.05) is 0 Å². The molecule has 1 aliphatic heterocycles. The van der Waals surface area contributed by atoms with Crippen molar-refractivity contribution in [1.29, 1.82) is 0 Å². The summed E-state index contributed by atoms with van der Waals surface area (Å²) in [5.41, 5.74) is -0.923. The molecule has 1 atom stereocenters. The fraction of sp³-hybridized carbons (Fsp3) is 0.333. The van der Waals surface area contributed by atoms with Gasteiger partial charge < -0.3 is 9.64 Å². The zero-order valence-corrected chi connectivity index (χ0v) is 12.8. The smallest absolute Gasteiger partial charge is 0.417 e. The topological polar surface area (TPSA) is 81.4 Å². The standard InChI is InChI=1S/C15H13F3N4O3/c16-15(17,18)10-1-4-14(20-7-10)25-12-5-6-21(9-12)13-3-2-11(8-19-13)22(23)24/h1-4,7-8,12H,5-6,9H2. The third-order valence-corrected chi connectivity index (χ3v) is 3.76. The Hall–Kier alpha value is -2.91. The Labute approximate surface area is 140 Å². The second kappa shape index (κ2) is 6.54. The molecular weight excluding hydrogens is 341 g/mol. The summed E-state index contributed by atoms with van der Waals surface area (Å²) >= 11 is 0. The fourth-order valence-corrected chi connectivity index (χ4v) is 2.49. The number of ether oxygens (including phenoxy) is 1. The molecule has 1 aliphatic rings. The Bertz CT molecular complexity index is 750. The highest BCUT2D eigenvalue weighted by Crippen LogP contribution is 2.29. The van der Waals surface area contributed by atoms with Crippen molar-refractivity contribution in [2.75, 3.05) is 18.0 Å². The molecule has 0 aliphatic carbocycles. The van der Waals surface area contributed by atoms with Gasteiger partial charge in [-0.25, -0.2) is 9.97 Å². The predicted octanol–water partition coefficient (Wildman–Crippen LogP) is 3.06. The molecule has 7 nitrogen and oxygen atoms in total. The summed E-state index contributed by atoms with van der Waals surface area (Å²) in [4.78, 5) is 19.7. The average molecular weight is 354 g/mol. The van der Waals surface area contributed by atoms with E-state index in [2.05, 4.69) is 9.97 Å². The van der Waals surface area contributed by atoms with E-state index in [9.17, 15) is 23.3 Å². The van der Waals surface area contributed by atoms with Gasteiger partial charge in [-0.15, -0.1) is 0 Å². The van der Waals surface area contributed by atoms with Crippen LogP contribution in [0.1, 0.15) is 12.0 Å². The monoisotopic (exact) mass is 354 g/mol. The third kappa shape index (κ3) is 3.95. The van der Waals surface area contributed by atoms with Gasteiger partial charge in [-0.2, -0.15) is 13.2 Å². The van der Waals surface area contributed by atoms with Crippen LogP contribution in [0, 0.1) is 10.1 Å². The molecule has 0 spiro atoms. The molecule has 0 N–H and O–H groups in total. The number of anilines is 1. The van der Waals surface area contributed by atoms with E-state index in [1.165, 1.54) is 18.3 Å². The van der Waals surface area contributed by atoms with Crippen LogP contribution in [0.25, 0.3) is 0 Å². The van der Waals surface area contributed by atoms with Crippen molar-refractivity contribution in [2.45, 2.75) is 18.7 Å². The van der Waals surface area contributed by atoms with Crippen LogP contribution >= 0.6 is 0 Å². The minimum absolute atomic E-state index is 0.0929. The molecule has 132 valence electrons. The van der Waals surface area contributed by atoms with E-state index in [1.54, 1.807) is 6.07 Å². The number of alkyl halides is 3. The minimum Gasteiger partial charge on any atom is -0.472 e. The summed E-state index contributed by atoms with van der Waals surface area (Å²) in [6.07, 6.45) is -2.12. The summed E-state index contributed by atoms with van der Waals surface area (Å²) in [6, 6.07) is 5.04. The van der Waals surface area contributed by atoms with Gasteiger partial charge in [0.2, 0.25) is 5.88 Å². The Morgan fingerprint density at radius 1 is 1.20 bits per heavy atom. The number of nitrogens with zero attached hydrogens (tertiary/aromatic N) is 4. The first-order chi connectivity index (χ1) is 11.8. The highest BCUT2D eigenvalue weighted by atomic mass is 19.4. The van der Waals surface area contributed by atoms with E-state index in [0.29, 0.717) is 25.3 Å². The number of rotatable bonds is 4. The van der Waals surface area contributed by atoms with Crippen molar-refractivity contribution in [3.05, 3.63) is 52.3 Å². The number of halogens is 3. The van der Waals surface area contributed by atoms with Gasteiger partial charge in [0.1, 0.15) is 18.1 Å². The van der Waals surface area contributed by atoms with E-state index >= 15 is 0 Å². The maximum atomic E-state index is 12.5. The van der Waals surface area contributed by atoms with Gasteiger partial charge in [0.15, 0.2) is 0 Å². The molecule has 10 heteroatoms. The normalized spacial score (nSPS) is 17.6. The van der Waals surface area contributed by atoms with Crippen molar-refractivity contribution in [3.8, 4) is 5.88 Å². The molecule has 3 rings (SSSR count). The van der Waals surface area contributed by atoms with Gasteiger partial charge in [-0.05, 0) is 12.1 Å². The van der Waals surface area contributed by atoms with Crippen LogP contribution < -0.4 is 9.64 Å². The van der Waals surface area contributed by atoms with Crippen LogP contribution in [0.3, 0.4) is 0 Å². The van der Waals surface area contributed by atoms with Crippen molar-refractivity contribution in [2.24, 2.45) is 0 Å². The van der Waals surface area contributed by atoms with E-state index < -0.39 is 16.7 Å². The zero-order chi connectivity index (χ0) is 18.0. The molecule has 2 aromatic heterocycles. The van der Waals surface area contributed by atoms with E-state index in [0.717, 1.165) is 12.3 Å². The molecule has 1 fully saturated rings. The average Bonchev–Trinajstić information content (AvgIpc) is 3.03. The molecule has 0 aromatic carbocycles. The first-order valence-corrected chi connectivity index (χ1v) is 7.38. The van der Waals surface area contributed by atoms with Crippen LogP contribution in [-0.4, -0.2) is 34.1 Å². The Balaban J connectivity index is 1.60. The van der Waals surface area contributed by atoms with E-state index in [-0.39, 0.29) is 17.7 Å². The quantitative estimate of drug-likeness (QED) is 0.620. The SMILES string of the molecule is O=[N+]([O-])c1ccc(N2CCC(Oc3ccc(C(F)(F)F)cn3)C2)nc1. The summed E-state index contributed by atoms with van der Waals surface area (Å²) in [5, 5.41) is 10.6. The number of pyridine rings is 2. The van der Waals surface area contributed by atoms with Crippen LogP contribution in [0.15, 0.2) is 36.7 Å². The van der Waals surface area contributed by atoms with E-state index in [4.69, 9.17) is 4.74 Å². The highest BCUT2D eigenvalue weighted by Gasteiger charge is 2.31. The molecule has 3 heterocycles. The number of aromatic nitrogens is 2. The zero-order valence-electron chi connectivity index (χ0n) is 12.8. The van der Waals surface area contributed by atoms with Crippen LogP contribution in [0.5, 0.6) is 5.88 Å². The van der Waals surface area contributed by atoms with Crippen molar-refractivity contribution in [1.82, 2.24) is 9.97 Å². The summed E-state index contributed by atoms with van der Waals surface area (Å²) in [5.74, 6) is 0.702. The number of hydrogen-bond donors (Lipinski definition) is 0. The van der Waals surface area contributed by atoms with Gasteiger partial charge in [-0.3, -0.25) is 10.1 Å². The van der Waals surface area contributed by atoms with Crippen LogP contribution in [0.4, 0.5) is 24.7 Å². The van der Waals surface area contributed by atoms with E-state index in [1.807, 2.05) is 4.90 Å². The Kier molecular flexibility index (Phi) is 4.43. The van der Waals surface area contributed by atoms with Crippen LogP contribution in [-0.2, 0) is 6.18 Å². The third-order valence-electron chi connectivity index (χ3n) is 3.76. The lowest BCUT2D eigenvalue weighted by Crippen LogP contribution is -2.25. The first kappa shape index (κ1) is 16.9. The van der Waals surface area contributed by atoms with Gasteiger partial charge >= 0.3 is 6.18 Å². The first-order valence-electron chi connectivity index (χ1n) is 7.38. The highest BCUT2D eigenvalue weighted by molar-refractivity contribution is 5.44. The minimum atomic E-state index is -4.43. The molecule has 25 heavy (non-hydrogen) atoms. The molecule has 0 saturated carbocycles. The second-order valence-electron chi connectivity index (χ2n) is 5.49. The van der Waals surface area contributed by atoms with Gasteiger partial charge in [0, 0.05) is 31.3 Å². The Morgan fingerprint density at radius 3 is 2.56 bits per heavy atom. The van der Waals surface area contributed by atoms with Crippen molar-refractivity contribution >= 4 is 11.5 Å². The lowest BCUT2D eigenvalue weighted by atomic mass is 10.3. The predicted molar refractivity (Wildman–Crippen MR) is 81.4 cm³/mol. The van der Waals surface area contributed by atoms with Crippen LogP contribution in [0.2, 0.25) is 0 Å². The number of hydrogen-bond acceptors (Lipinski definition) is 6. The molecule has 0 radical (unpaired) electrons. The summed E-state index contributed by atoms with van der Waals surface area (Å²) < 4.78 is 43.1. The lowest BCUT2D eigenvalue weighted by molar-refractivity contribution is -0.385.